The van der Waals surface area contributed by atoms with Crippen molar-refractivity contribution in [3.63, 3.8) is 0 Å². The molecule has 1 fully saturated rings. The molecule has 0 saturated carbocycles. The van der Waals surface area contributed by atoms with Crippen LogP contribution in [-0.4, -0.2) is 41.8 Å². The molecule has 0 spiro atoms. The van der Waals surface area contributed by atoms with Gasteiger partial charge in [0.05, 0.1) is 0 Å². The van der Waals surface area contributed by atoms with Crippen LogP contribution in [-0.2, 0) is 4.79 Å². The Labute approximate surface area is 149 Å². The van der Waals surface area contributed by atoms with E-state index in [-0.39, 0.29) is 5.91 Å². The molecule has 132 valence electrons. The smallest absolute Gasteiger partial charge is 0.280 e. The van der Waals surface area contributed by atoms with Gasteiger partial charge in [0.25, 0.3) is 5.91 Å². The first-order valence-electron chi connectivity index (χ1n) is 8.39. The Morgan fingerprint density at radius 3 is 2.54 bits per heavy atom. The summed E-state index contributed by atoms with van der Waals surface area (Å²) in [5.41, 5.74) is 4.56. The standard InChI is InChI=1S/C18H26ClN3O2/c1-12(2)22-9-7-16(8-10-22)20-21-18(23)14(4)24-17-6-5-15(19)11-13(17)3/h5-6,11-12,14H,7-10H2,1-4H3,(H,21,23). The third-order valence-corrected chi connectivity index (χ3v) is 4.47. The molecular weight excluding hydrogens is 326 g/mol. The van der Waals surface area contributed by atoms with Crippen LogP contribution < -0.4 is 10.2 Å². The van der Waals surface area contributed by atoms with Crippen molar-refractivity contribution in [1.29, 1.82) is 0 Å². The third kappa shape index (κ3) is 5.21. The number of piperidine rings is 1. The highest BCUT2D eigenvalue weighted by Gasteiger charge is 2.19. The highest BCUT2D eigenvalue weighted by atomic mass is 35.5. The van der Waals surface area contributed by atoms with Crippen LogP contribution in [0.2, 0.25) is 5.02 Å². The summed E-state index contributed by atoms with van der Waals surface area (Å²) in [5.74, 6) is 0.406. The molecule has 0 bridgehead atoms. The number of amides is 1. The maximum atomic E-state index is 12.2. The van der Waals surface area contributed by atoms with Crippen LogP contribution in [0.5, 0.6) is 5.75 Å². The first-order valence-corrected chi connectivity index (χ1v) is 8.76. The molecule has 24 heavy (non-hydrogen) atoms. The van der Waals surface area contributed by atoms with E-state index in [0.717, 1.165) is 37.2 Å². The molecule has 1 aromatic rings. The molecule has 1 aliphatic heterocycles. The minimum Gasteiger partial charge on any atom is -0.481 e. The Morgan fingerprint density at radius 1 is 1.29 bits per heavy atom. The zero-order valence-electron chi connectivity index (χ0n) is 14.8. The average molecular weight is 352 g/mol. The predicted octanol–water partition coefficient (Wildman–Crippen LogP) is 3.39. The van der Waals surface area contributed by atoms with Crippen LogP contribution in [0.15, 0.2) is 23.3 Å². The summed E-state index contributed by atoms with van der Waals surface area (Å²) in [7, 11) is 0. The molecule has 0 aliphatic carbocycles. The summed E-state index contributed by atoms with van der Waals surface area (Å²) in [6.07, 6.45) is 1.17. The summed E-state index contributed by atoms with van der Waals surface area (Å²) in [6, 6.07) is 5.88. The number of nitrogens with zero attached hydrogens (tertiary/aromatic N) is 2. The molecule has 5 nitrogen and oxygen atoms in total. The summed E-state index contributed by atoms with van der Waals surface area (Å²) < 4.78 is 5.70. The van der Waals surface area contributed by atoms with Crippen molar-refractivity contribution in [2.75, 3.05) is 13.1 Å². The van der Waals surface area contributed by atoms with Crippen LogP contribution in [0, 0.1) is 6.92 Å². The average Bonchev–Trinajstić information content (AvgIpc) is 2.55. The lowest BCUT2D eigenvalue weighted by Gasteiger charge is -2.30. The number of aryl methyl sites for hydroxylation is 1. The van der Waals surface area contributed by atoms with Gasteiger partial charge in [0, 0.05) is 42.7 Å². The first kappa shape index (κ1) is 18.7. The van der Waals surface area contributed by atoms with E-state index in [9.17, 15) is 4.79 Å². The molecular formula is C18H26ClN3O2. The molecule has 1 N–H and O–H groups in total. The van der Waals surface area contributed by atoms with Gasteiger partial charge in [0.1, 0.15) is 5.75 Å². The molecule has 6 heteroatoms. The van der Waals surface area contributed by atoms with E-state index in [4.69, 9.17) is 16.3 Å². The SMILES string of the molecule is Cc1cc(Cl)ccc1OC(C)C(=O)NN=C1CCN(C(C)C)CC1. The number of hydrogen-bond donors (Lipinski definition) is 1. The Kier molecular flexibility index (Phi) is 6.63. The molecule has 2 rings (SSSR count). The quantitative estimate of drug-likeness (QED) is 0.827. The Hall–Kier alpha value is -1.59. The van der Waals surface area contributed by atoms with Crippen molar-refractivity contribution in [1.82, 2.24) is 10.3 Å². The normalized spacial score (nSPS) is 16.8. The van der Waals surface area contributed by atoms with Gasteiger partial charge in [-0.3, -0.25) is 4.79 Å². The van der Waals surface area contributed by atoms with Gasteiger partial charge in [0.2, 0.25) is 0 Å². The van der Waals surface area contributed by atoms with Gasteiger partial charge in [0.15, 0.2) is 6.10 Å². The van der Waals surface area contributed by atoms with Crippen LogP contribution in [0.4, 0.5) is 0 Å². The number of nitrogens with one attached hydrogen (secondary N) is 1. The first-order chi connectivity index (χ1) is 11.4. The van der Waals surface area contributed by atoms with Crippen LogP contribution in [0.3, 0.4) is 0 Å². The highest BCUT2D eigenvalue weighted by molar-refractivity contribution is 6.30. The number of rotatable bonds is 5. The van der Waals surface area contributed by atoms with E-state index >= 15 is 0 Å². The summed E-state index contributed by atoms with van der Waals surface area (Å²) in [4.78, 5) is 14.6. The van der Waals surface area contributed by atoms with Gasteiger partial charge in [-0.05, 0) is 51.5 Å². The van der Waals surface area contributed by atoms with E-state index in [1.165, 1.54) is 0 Å². The molecule has 1 aromatic carbocycles. The number of ether oxygens (including phenoxy) is 1. The zero-order valence-corrected chi connectivity index (χ0v) is 15.6. The highest BCUT2D eigenvalue weighted by Crippen LogP contribution is 2.22. The second-order valence-corrected chi connectivity index (χ2v) is 6.89. The number of carbonyl (C=O) groups excluding carboxylic acids is 1. The number of hydrazone groups is 1. The lowest BCUT2D eigenvalue weighted by atomic mass is 10.1. The van der Waals surface area contributed by atoms with Crippen molar-refractivity contribution in [3.05, 3.63) is 28.8 Å². The predicted molar refractivity (Wildman–Crippen MR) is 97.8 cm³/mol. The molecule has 1 unspecified atom stereocenters. The lowest BCUT2D eigenvalue weighted by molar-refractivity contribution is -0.127. The van der Waals surface area contributed by atoms with Gasteiger partial charge in [-0.25, -0.2) is 5.43 Å². The van der Waals surface area contributed by atoms with E-state index < -0.39 is 6.10 Å². The fourth-order valence-corrected chi connectivity index (χ4v) is 2.85. The summed E-state index contributed by atoms with van der Waals surface area (Å²) in [5, 5.41) is 4.91. The fraction of sp³-hybridized carbons (Fsp3) is 0.556. The number of hydrogen-bond acceptors (Lipinski definition) is 4. The maximum Gasteiger partial charge on any atom is 0.280 e. The second-order valence-electron chi connectivity index (χ2n) is 6.45. The van der Waals surface area contributed by atoms with Crippen molar-refractivity contribution in [2.45, 2.75) is 52.7 Å². The van der Waals surface area contributed by atoms with E-state index in [1.807, 2.05) is 13.0 Å². The van der Waals surface area contributed by atoms with Crippen LogP contribution in [0.1, 0.15) is 39.2 Å². The van der Waals surface area contributed by atoms with Crippen molar-refractivity contribution in [3.8, 4) is 5.75 Å². The molecule has 0 aromatic heterocycles. The van der Waals surface area contributed by atoms with Crippen molar-refractivity contribution in [2.24, 2.45) is 5.10 Å². The molecule has 1 atom stereocenters. The molecule has 1 amide bonds. The van der Waals surface area contributed by atoms with Gasteiger partial charge in [-0.1, -0.05) is 11.6 Å². The van der Waals surface area contributed by atoms with Crippen molar-refractivity contribution >= 4 is 23.2 Å². The number of carbonyl (C=O) groups is 1. The number of likely N-dealkylation sites (tertiary alicyclic amines) is 1. The van der Waals surface area contributed by atoms with Crippen LogP contribution >= 0.6 is 11.6 Å². The second kappa shape index (κ2) is 8.49. The largest absolute Gasteiger partial charge is 0.481 e. The Balaban J connectivity index is 1.85. The molecule has 1 heterocycles. The Morgan fingerprint density at radius 2 is 1.96 bits per heavy atom. The van der Waals surface area contributed by atoms with Crippen LogP contribution in [0.25, 0.3) is 0 Å². The van der Waals surface area contributed by atoms with Gasteiger partial charge in [-0.15, -0.1) is 0 Å². The topological polar surface area (TPSA) is 53.9 Å². The monoisotopic (exact) mass is 351 g/mol. The zero-order chi connectivity index (χ0) is 17.7. The number of benzene rings is 1. The van der Waals surface area contributed by atoms with E-state index in [0.29, 0.717) is 16.8 Å². The lowest BCUT2D eigenvalue weighted by Crippen LogP contribution is -2.40. The summed E-state index contributed by atoms with van der Waals surface area (Å²) in [6.45, 7) is 9.98. The molecule has 1 aliphatic rings. The van der Waals surface area contributed by atoms with Gasteiger partial charge >= 0.3 is 0 Å². The third-order valence-electron chi connectivity index (χ3n) is 4.24. The van der Waals surface area contributed by atoms with Gasteiger partial charge in [-0.2, -0.15) is 5.10 Å². The minimum atomic E-state index is -0.620. The van der Waals surface area contributed by atoms with E-state index in [1.54, 1.807) is 19.1 Å². The molecule has 0 radical (unpaired) electrons. The minimum absolute atomic E-state index is 0.247. The van der Waals surface area contributed by atoms with Gasteiger partial charge < -0.3 is 9.64 Å². The maximum absolute atomic E-state index is 12.2. The van der Waals surface area contributed by atoms with E-state index in [2.05, 4.69) is 29.3 Å². The van der Waals surface area contributed by atoms with Crippen molar-refractivity contribution < 1.29 is 9.53 Å². The number of halogens is 1. The fourth-order valence-electron chi connectivity index (χ4n) is 2.62. The Bertz CT molecular complexity index is 606. The summed E-state index contributed by atoms with van der Waals surface area (Å²) >= 11 is 5.93. The molecule has 1 saturated heterocycles.